The Kier molecular flexibility index (Phi) is 4.94. The van der Waals surface area contributed by atoms with E-state index < -0.39 is 0 Å². The zero-order chi connectivity index (χ0) is 13.8. The molecule has 0 unspecified atom stereocenters. The van der Waals surface area contributed by atoms with Crippen LogP contribution in [0.5, 0.6) is 0 Å². The maximum Gasteiger partial charge on any atom is 0.225 e. The Balaban J connectivity index is 1.39. The van der Waals surface area contributed by atoms with Gasteiger partial charge < -0.3 is 15.0 Å². The number of carbonyl (C=O) groups excluding carboxylic acids is 1. The van der Waals surface area contributed by atoms with Crippen molar-refractivity contribution in [2.24, 2.45) is 11.8 Å². The first-order chi connectivity index (χ1) is 9.81. The molecule has 3 aliphatic rings. The number of rotatable bonds is 4. The summed E-state index contributed by atoms with van der Waals surface area (Å²) in [5.74, 6) is 1.22. The third-order valence-corrected chi connectivity index (χ3v) is 5.14. The minimum absolute atomic E-state index is 0.0904. The van der Waals surface area contributed by atoms with Gasteiger partial charge in [-0.15, -0.1) is 0 Å². The number of nitrogens with one attached hydrogen (secondary N) is 1. The number of hydrogen-bond donors (Lipinski definition) is 1. The number of ether oxygens (including phenoxy) is 1. The van der Waals surface area contributed by atoms with Crippen LogP contribution < -0.4 is 5.32 Å². The minimum atomic E-state index is 0.0904. The van der Waals surface area contributed by atoms with Gasteiger partial charge in [0.25, 0.3) is 0 Å². The molecule has 114 valence electrons. The van der Waals surface area contributed by atoms with Crippen LogP contribution >= 0.6 is 0 Å². The molecule has 0 aromatic heterocycles. The Bertz CT molecular complexity index is 322. The molecule has 20 heavy (non-hydrogen) atoms. The van der Waals surface area contributed by atoms with E-state index in [9.17, 15) is 4.79 Å². The number of hydrogen-bond acceptors (Lipinski definition) is 3. The van der Waals surface area contributed by atoms with Crippen molar-refractivity contribution in [3.05, 3.63) is 0 Å². The van der Waals surface area contributed by atoms with E-state index in [0.717, 1.165) is 44.9 Å². The Morgan fingerprint density at radius 1 is 1.15 bits per heavy atom. The Labute approximate surface area is 122 Å². The summed E-state index contributed by atoms with van der Waals surface area (Å²) in [6, 6.07) is 0.367. The Morgan fingerprint density at radius 3 is 2.75 bits per heavy atom. The van der Waals surface area contributed by atoms with Crippen molar-refractivity contribution >= 4 is 5.91 Å². The quantitative estimate of drug-likeness (QED) is 0.853. The van der Waals surface area contributed by atoms with E-state index in [-0.39, 0.29) is 11.8 Å². The molecule has 2 aliphatic heterocycles. The molecule has 1 aliphatic carbocycles. The van der Waals surface area contributed by atoms with Gasteiger partial charge in [-0.05, 0) is 38.0 Å². The lowest BCUT2D eigenvalue weighted by Crippen LogP contribution is -2.43. The van der Waals surface area contributed by atoms with Crippen LogP contribution in [0.4, 0.5) is 0 Å². The lowest BCUT2D eigenvalue weighted by Gasteiger charge is -2.24. The fraction of sp³-hybridized carbons (Fsp3) is 0.938. The summed E-state index contributed by atoms with van der Waals surface area (Å²) in [6.07, 6.45) is 8.79. The number of nitrogens with zero attached hydrogens (tertiary/aromatic N) is 1. The van der Waals surface area contributed by atoms with Crippen LogP contribution in [0.1, 0.15) is 44.9 Å². The lowest BCUT2D eigenvalue weighted by atomic mass is 10.0. The molecule has 3 rings (SSSR count). The van der Waals surface area contributed by atoms with Crippen LogP contribution in [0, 0.1) is 11.8 Å². The average molecular weight is 280 g/mol. The molecule has 4 heteroatoms. The molecule has 0 aromatic rings. The summed E-state index contributed by atoms with van der Waals surface area (Å²) in [6.45, 7) is 4.89. The highest BCUT2D eigenvalue weighted by Crippen LogP contribution is 2.26. The summed E-state index contributed by atoms with van der Waals surface area (Å²) < 4.78 is 5.41. The highest BCUT2D eigenvalue weighted by atomic mass is 16.5. The van der Waals surface area contributed by atoms with Gasteiger partial charge in [-0.3, -0.25) is 4.79 Å². The van der Waals surface area contributed by atoms with Crippen LogP contribution in [0.2, 0.25) is 0 Å². The number of likely N-dealkylation sites (tertiary alicyclic amines) is 1. The summed E-state index contributed by atoms with van der Waals surface area (Å²) in [5, 5.41) is 3.24. The molecule has 4 nitrogen and oxygen atoms in total. The third-order valence-electron chi connectivity index (χ3n) is 5.14. The zero-order valence-electron chi connectivity index (χ0n) is 12.5. The van der Waals surface area contributed by atoms with E-state index >= 15 is 0 Å². The second-order valence-corrected chi connectivity index (χ2v) is 6.82. The molecular weight excluding hydrogens is 252 g/mol. The van der Waals surface area contributed by atoms with Crippen LogP contribution in [-0.2, 0) is 9.53 Å². The van der Waals surface area contributed by atoms with Gasteiger partial charge in [0.15, 0.2) is 0 Å². The summed E-state index contributed by atoms with van der Waals surface area (Å²) in [4.78, 5) is 14.7. The lowest BCUT2D eigenvalue weighted by molar-refractivity contribution is -0.129. The fourth-order valence-corrected chi connectivity index (χ4v) is 3.94. The molecule has 1 saturated carbocycles. The second kappa shape index (κ2) is 6.90. The minimum Gasteiger partial charge on any atom is -0.381 e. The molecule has 1 amide bonds. The highest BCUT2D eigenvalue weighted by molar-refractivity contribution is 5.79. The maximum atomic E-state index is 12.2. The topological polar surface area (TPSA) is 41.6 Å². The summed E-state index contributed by atoms with van der Waals surface area (Å²) in [7, 11) is 0. The van der Waals surface area contributed by atoms with Crippen molar-refractivity contribution in [1.29, 1.82) is 0 Å². The fourth-order valence-electron chi connectivity index (χ4n) is 3.94. The molecule has 3 fully saturated rings. The van der Waals surface area contributed by atoms with Crippen molar-refractivity contribution < 1.29 is 9.53 Å². The molecule has 1 N–H and O–H groups in total. The van der Waals surface area contributed by atoms with Gasteiger partial charge in [0.1, 0.15) is 0 Å². The van der Waals surface area contributed by atoms with Crippen LogP contribution in [-0.4, -0.2) is 49.7 Å². The van der Waals surface area contributed by atoms with Crippen molar-refractivity contribution in [2.45, 2.75) is 51.0 Å². The van der Waals surface area contributed by atoms with Crippen molar-refractivity contribution in [3.63, 3.8) is 0 Å². The van der Waals surface area contributed by atoms with Gasteiger partial charge >= 0.3 is 0 Å². The largest absolute Gasteiger partial charge is 0.381 e. The second-order valence-electron chi connectivity index (χ2n) is 6.82. The predicted octanol–water partition coefficient (Wildman–Crippen LogP) is 1.79. The van der Waals surface area contributed by atoms with Crippen LogP contribution in [0.25, 0.3) is 0 Å². The van der Waals surface area contributed by atoms with Gasteiger partial charge in [-0.25, -0.2) is 0 Å². The third kappa shape index (κ3) is 3.73. The first kappa shape index (κ1) is 14.3. The van der Waals surface area contributed by atoms with E-state index in [4.69, 9.17) is 4.74 Å². The van der Waals surface area contributed by atoms with Crippen molar-refractivity contribution in [2.75, 3.05) is 32.8 Å². The van der Waals surface area contributed by atoms with Crippen molar-refractivity contribution in [3.8, 4) is 0 Å². The molecule has 2 heterocycles. The molecular formula is C16H28N2O2. The summed E-state index contributed by atoms with van der Waals surface area (Å²) in [5.41, 5.74) is 0. The van der Waals surface area contributed by atoms with Crippen LogP contribution in [0.15, 0.2) is 0 Å². The van der Waals surface area contributed by atoms with Gasteiger partial charge in [-0.1, -0.05) is 12.8 Å². The van der Waals surface area contributed by atoms with E-state index in [2.05, 4.69) is 10.2 Å². The van der Waals surface area contributed by atoms with E-state index in [1.54, 1.807) is 0 Å². The smallest absolute Gasteiger partial charge is 0.225 e. The summed E-state index contributed by atoms with van der Waals surface area (Å²) >= 11 is 0. The maximum absolute atomic E-state index is 12.2. The highest BCUT2D eigenvalue weighted by Gasteiger charge is 2.29. The van der Waals surface area contributed by atoms with Gasteiger partial charge in [-0.2, -0.15) is 0 Å². The van der Waals surface area contributed by atoms with Gasteiger partial charge in [0, 0.05) is 32.3 Å². The Hall–Kier alpha value is -0.610. The van der Waals surface area contributed by atoms with E-state index in [0.29, 0.717) is 12.6 Å². The Morgan fingerprint density at radius 2 is 2.00 bits per heavy atom. The van der Waals surface area contributed by atoms with Crippen LogP contribution in [0.3, 0.4) is 0 Å². The monoisotopic (exact) mass is 280 g/mol. The van der Waals surface area contributed by atoms with Gasteiger partial charge in [0.05, 0.1) is 12.5 Å². The SMILES string of the molecule is O=C(N[C@H]1CCN(CC2CCCC2)C1)[C@@H]1CCCOC1. The standard InChI is InChI=1S/C16H28N2O2/c19-16(14-6-3-9-20-12-14)17-15-7-8-18(11-15)10-13-4-1-2-5-13/h13-15H,1-12H2,(H,17,19)/t14-,15+/m1/s1. The first-order valence-electron chi connectivity index (χ1n) is 8.42. The molecule has 0 radical (unpaired) electrons. The molecule has 2 saturated heterocycles. The van der Waals surface area contributed by atoms with Gasteiger partial charge in [0.2, 0.25) is 5.91 Å². The number of carbonyl (C=O) groups is 1. The molecule has 0 bridgehead atoms. The number of amides is 1. The van der Waals surface area contributed by atoms with Crippen molar-refractivity contribution in [1.82, 2.24) is 10.2 Å². The molecule has 0 spiro atoms. The molecule has 2 atom stereocenters. The van der Waals surface area contributed by atoms with E-state index in [1.165, 1.54) is 32.2 Å². The van der Waals surface area contributed by atoms with E-state index in [1.807, 2.05) is 0 Å². The molecule has 0 aromatic carbocycles. The average Bonchev–Trinajstić information content (AvgIpc) is 3.12. The predicted molar refractivity (Wildman–Crippen MR) is 78.5 cm³/mol. The normalized spacial score (nSPS) is 32.6. The first-order valence-corrected chi connectivity index (χ1v) is 8.42. The zero-order valence-corrected chi connectivity index (χ0v) is 12.5.